The zero-order valence-corrected chi connectivity index (χ0v) is 35.3. The van der Waals surface area contributed by atoms with E-state index in [9.17, 15) is 0 Å². The van der Waals surface area contributed by atoms with E-state index in [0.717, 1.165) is 154 Å². The van der Waals surface area contributed by atoms with Gasteiger partial charge in [0.1, 0.15) is 44.7 Å². The van der Waals surface area contributed by atoms with Crippen molar-refractivity contribution in [1.29, 1.82) is 0 Å². The lowest BCUT2D eigenvalue weighted by Crippen LogP contribution is -1.93. The Hall–Kier alpha value is -8.86. The molecule has 15 rings (SSSR count). The van der Waals surface area contributed by atoms with Crippen LogP contribution in [0.1, 0.15) is 0 Å². The lowest BCUT2D eigenvalue weighted by Gasteiger charge is -2.19. The summed E-state index contributed by atoms with van der Waals surface area (Å²) in [5.74, 6) is 0. The molecule has 0 spiro atoms. The summed E-state index contributed by atoms with van der Waals surface area (Å²) in [6, 6.07) is 73.0. The molecule has 0 unspecified atom stereocenters. The first kappa shape index (κ1) is 35.6. The largest absolute Gasteiger partial charge is 0.456 e. The van der Waals surface area contributed by atoms with Gasteiger partial charge in [-0.15, -0.1) is 0 Å². The molecule has 0 fully saturated rings. The molecule has 4 heterocycles. The second-order valence-corrected chi connectivity index (χ2v) is 17.4. The molecule has 0 aliphatic heterocycles. The Morgan fingerprint density at radius 2 is 0.621 bits per heavy atom. The van der Waals surface area contributed by atoms with Gasteiger partial charge in [-0.1, -0.05) is 152 Å². The van der Waals surface area contributed by atoms with Gasteiger partial charge < -0.3 is 17.7 Å². The lowest BCUT2D eigenvalue weighted by atomic mass is 9.83. The van der Waals surface area contributed by atoms with Crippen LogP contribution in [0.25, 0.3) is 154 Å². The molecule has 306 valence electrons. The minimum atomic E-state index is 0.850. The third-order valence-corrected chi connectivity index (χ3v) is 13.9. The molecule has 0 aliphatic carbocycles. The monoisotopic (exact) mass is 842 g/mol. The van der Waals surface area contributed by atoms with Crippen molar-refractivity contribution in [2.45, 2.75) is 0 Å². The summed E-state index contributed by atoms with van der Waals surface area (Å²) in [6.07, 6.45) is 0. The summed E-state index contributed by atoms with van der Waals surface area (Å²) in [4.78, 5) is 0. The Labute approximate surface area is 376 Å². The minimum absolute atomic E-state index is 0.850. The Bertz CT molecular complexity index is 4480. The molecular weight excluding hydrogens is 809 g/mol. The van der Waals surface area contributed by atoms with Crippen molar-refractivity contribution in [3.63, 3.8) is 0 Å². The van der Waals surface area contributed by atoms with E-state index in [4.69, 9.17) is 17.7 Å². The van der Waals surface area contributed by atoms with E-state index < -0.39 is 0 Å². The third-order valence-electron chi connectivity index (χ3n) is 13.9. The maximum absolute atomic E-state index is 7.01. The number of benzene rings is 11. The van der Waals surface area contributed by atoms with Crippen LogP contribution in [0.5, 0.6) is 0 Å². The van der Waals surface area contributed by atoms with Crippen LogP contribution in [0.4, 0.5) is 0 Å². The van der Waals surface area contributed by atoms with E-state index in [1.165, 1.54) is 0 Å². The van der Waals surface area contributed by atoms with Gasteiger partial charge >= 0.3 is 0 Å². The molecule has 0 aliphatic rings. The fourth-order valence-electron chi connectivity index (χ4n) is 11.1. The first-order valence-electron chi connectivity index (χ1n) is 22.4. The van der Waals surface area contributed by atoms with Crippen molar-refractivity contribution >= 4 is 109 Å². The predicted molar refractivity (Wildman–Crippen MR) is 272 cm³/mol. The molecule has 0 saturated heterocycles. The highest BCUT2D eigenvalue weighted by Gasteiger charge is 2.26. The summed E-state index contributed by atoms with van der Waals surface area (Å²) in [5, 5.41) is 13.3. The molecule has 0 bridgehead atoms. The van der Waals surface area contributed by atoms with Gasteiger partial charge in [0, 0.05) is 59.8 Å². The smallest absolute Gasteiger partial charge is 0.143 e. The molecule has 0 radical (unpaired) electrons. The van der Waals surface area contributed by atoms with Crippen molar-refractivity contribution in [2.24, 2.45) is 0 Å². The van der Waals surface area contributed by atoms with Crippen LogP contribution in [0.3, 0.4) is 0 Å². The molecule has 0 amide bonds. The third kappa shape index (κ3) is 4.87. The van der Waals surface area contributed by atoms with Crippen LogP contribution in [-0.2, 0) is 0 Å². The molecule has 4 nitrogen and oxygen atoms in total. The highest BCUT2D eigenvalue weighted by Crippen LogP contribution is 2.52. The maximum Gasteiger partial charge on any atom is 0.143 e. The van der Waals surface area contributed by atoms with E-state index in [1.54, 1.807) is 0 Å². The highest BCUT2D eigenvalue weighted by atomic mass is 16.3. The van der Waals surface area contributed by atoms with Crippen LogP contribution < -0.4 is 0 Å². The van der Waals surface area contributed by atoms with Crippen molar-refractivity contribution in [2.75, 3.05) is 0 Å². The Morgan fingerprint density at radius 3 is 1.26 bits per heavy atom. The Balaban J connectivity index is 1.01. The number of fused-ring (bicyclic) bond motifs is 14. The normalized spacial score (nSPS) is 12.2. The zero-order valence-electron chi connectivity index (χ0n) is 35.3. The first-order chi connectivity index (χ1) is 32.7. The summed E-state index contributed by atoms with van der Waals surface area (Å²) in [7, 11) is 0. The van der Waals surface area contributed by atoms with Gasteiger partial charge in [-0.2, -0.15) is 0 Å². The molecule has 66 heavy (non-hydrogen) atoms. The Kier molecular flexibility index (Phi) is 7.19. The highest BCUT2D eigenvalue weighted by molar-refractivity contribution is 6.29. The van der Waals surface area contributed by atoms with Gasteiger partial charge in [-0.25, -0.2) is 0 Å². The van der Waals surface area contributed by atoms with E-state index >= 15 is 0 Å². The van der Waals surface area contributed by atoms with Crippen molar-refractivity contribution in [3.05, 3.63) is 206 Å². The maximum atomic E-state index is 7.01. The molecule has 0 N–H and O–H groups in total. The Morgan fingerprint density at radius 1 is 0.212 bits per heavy atom. The number of rotatable bonds is 4. The number of hydrogen-bond acceptors (Lipinski definition) is 4. The number of para-hydroxylation sites is 4. The zero-order chi connectivity index (χ0) is 43.0. The predicted octanol–water partition coefficient (Wildman–Crippen LogP) is 18.3. The van der Waals surface area contributed by atoms with Gasteiger partial charge in [-0.05, 0) is 104 Å². The molecule has 4 heteroatoms. The van der Waals surface area contributed by atoms with Crippen LogP contribution in [-0.4, -0.2) is 0 Å². The summed E-state index contributed by atoms with van der Waals surface area (Å²) in [5.41, 5.74) is 15.6. The van der Waals surface area contributed by atoms with Crippen molar-refractivity contribution in [3.8, 4) is 44.5 Å². The fraction of sp³-hybridized carbons (Fsp3) is 0. The fourth-order valence-corrected chi connectivity index (χ4v) is 11.1. The molecule has 11 aromatic carbocycles. The van der Waals surface area contributed by atoms with Crippen LogP contribution in [0.15, 0.2) is 224 Å². The van der Waals surface area contributed by atoms with Crippen LogP contribution in [0, 0.1) is 0 Å². The van der Waals surface area contributed by atoms with E-state index in [2.05, 4.69) is 176 Å². The first-order valence-corrected chi connectivity index (χ1v) is 22.4. The van der Waals surface area contributed by atoms with Crippen molar-refractivity contribution in [1.82, 2.24) is 0 Å². The topological polar surface area (TPSA) is 52.6 Å². The molecule has 4 aromatic heterocycles. The molecule has 0 atom stereocenters. The van der Waals surface area contributed by atoms with Gasteiger partial charge in [0.15, 0.2) is 0 Å². The average Bonchev–Trinajstić information content (AvgIpc) is 4.16. The van der Waals surface area contributed by atoms with Gasteiger partial charge in [-0.3, -0.25) is 0 Å². The summed E-state index contributed by atoms with van der Waals surface area (Å²) < 4.78 is 26.8. The summed E-state index contributed by atoms with van der Waals surface area (Å²) >= 11 is 0. The van der Waals surface area contributed by atoms with E-state index in [1.807, 2.05) is 30.3 Å². The number of hydrogen-bond donors (Lipinski definition) is 0. The van der Waals surface area contributed by atoms with Crippen molar-refractivity contribution < 1.29 is 17.7 Å². The average molecular weight is 843 g/mol. The second-order valence-electron chi connectivity index (χ2n) is 17.4. The molecule has 15 aromatic rings. The van der Waals surface area contributed by atoms with E-state index in [-0.39, 0.29) is 0 Å². The standard InChI is InChI=1S/C62H34O4/c1-3-17-41-39(15-1)56(48-32-31-44(61-60(48)47-21-8-12-26-53(47)65-61)43-22-13-27-54-58(43)45-19-6-10-24-51(45)63-54)40-16-2-4-18-42(40)57(41)49-33-30-36(59-46-20-7-11-25-52(46)66-62(49)59)35-28-29-38-37-14-5-9-23-50(37)64-55(38)34-35/h1-34H. The lowest BCUT2D eigenvalue weighted by molar-refractivity contribution is 0.668. The number of furan rings is 4. The molecule has 0 saturated carbocycles. The van der Waals surface area contributed by atoms with E-state index in [0.29, 0.717) is 0 Å². The SMILES string of the molecule is c1ccc2c(c1)oc1cc(-c3ccc(-c4c5ccccc5c(-c5ccc(-c6cccc7oc8ccccc8c67)c6oc7ccccc7c56)c5ccccc45)c4oc5ccccc5c34)ccc12. The second kappa shape index (κ2) is 13.3. The molecular formula is C62H34O4. The van der Waals surface area contributed by atoms with Crippen LogP contribution in [0.2, 0.25) is 0 Å². The van der Waals surface area contributed by atoms with Crippen LogP contribution >= 0.6 is 0 Å². The van der Waals surface area contributed by atoms with Gasteiger partial charge in [0.2, 0.25) is 0 Å². The van der Waals surface area contributed by atoms with Gasteiger partial charge in [0.25, 0.3) is 0 Å². The summed E-state index contributed by atoms with van der Waals surface area (Å²) in [6.45, 7) is 0. The van der Waals surface area contributed by atoms with Gasteiger partial charge in [0.05, 0.1) is 0 Å². The quantitative estimate of drug-likeness (QED) is 0.166. The minimum Gasteiger partial charge on any atom is -0.456 e.